The lowest BCUT2D eigenvalue weighted by molar-refractivity contribution is 0.0663. The zero-order valence-electron chi connectivity index (χ0n) is 24.0. The van der Waals surface area contributed by atoms with Crippen LogP contribution in [0.3, 0.4) is 0 Å². The first-order valence-corrected chi connectivity index (χ1v) is 13.8. The van der Waals surface area contributed by atoms with Crippen LogP contribution in [0, 0.1) is 5.82 Å². The van der Waals surface area contributed by atoms with Crippen LogP contribution in [0.25, 0.3) is 28.5 Å². The van der Waals surface area contributed by atoms with Crippen molar-refractivity contribution in [3.8, 4) is 28.4 Å². The molecule has 3 heterocycles. The third-order valence-corrected chi connectivity index (χ3v) is 8.00. The number of likely N-dealkylation sites (N-methyl/N-ethyl adjacent to an activating group) is 1. The van der Waals surface area contributed by atoms with Crippen molar-refractivity contribution in [1.82, 2.24) is 9.80 Å². The molecule has 0 saturated carbocycles. The Balaban J connectivity index is 1.56. The van der Waals surface area contributed by atoms with E-state index in [0.717, 1.165) is 41.0 Å². The molecule has 212 valence electrons. The number of rotatable bonds is 3. The lowest BCUT2D eigenvalue weighted by Crippen LogP contribution is -2.47. The minimum Gasteiger partial charge on any atom is -0.504 e. The Labute approximate surface area is 239 Å². The number of allylic oxidation sites excluding steroid dienone is 1. The van der Waals surface area contributed by atoms with E-state index in [2.05, 4.69) is 37.1 Å². The first-order chi connectivity index (χ1) is 19.6. The SMILES string of the molecule is COc1c(O)ccc2c1-c1ccc3c(c1C(=Cc1ccc(F)cc1C(=O)N1CCN(C)CC1)O2)C(C)=CC(C)(C)N3. The fourth-order valence-corrected chi connectivity index (χ4v) is 6.11. The summed E-state index contributed by atoms with van der Waals surface area (Å²) in [5, 5.41) is 14.2. The fraction of sp³-hybridized carbons (Fsp3) is 0.303. The maximum atomic E-state index is 14.5. The molecule has 0 unspecified atom stereocenters. The lowest BCUT2D eigenvalue weighted by atomic mass is 9.82. The van der Waals surface area contributed by atoms with Crippen molar-refractivity contribution < 1.29 is 23.8 Å². The Morgan fingerprint density at radius 3 is 2.56 bits per heavy atom. The van der Waals surface area contributed by atoms with Gasteiger partial charge in [-0.2, -0.15) is 0 Å². The zero-order valence-corrected chi connectivity index (χ0v) is 24.0. The number of halogens is 1. The van der Waals surface area contributed by atoms with Crippen LogP contribution in [-0.4, -0.2) is 66.7 Å². The van der Waals surface area contributed by atoms with Crippen LogP contribution in [0.15, 0.2) is 48.5 Å². The summed E-state index contributed by atoms with van der Waals surface area (Å²) in [5.41, 5.74) is 5.84. The van der Waals surface area contributed by atoms with Crippen molar-refractivity contribution in [2.24, 2.45) is 0 Å². The number of anilines is 1. The van der Waals surface area contributed by atoms with Crippen molar-refractivity contribution >= 4 is 29.0 Å². The Morgan fingerprint density at radius 1 is 1.07 bits per heavy atom. The van der Waals surface area contributed by atoms with Gasteiger partial charge in [0.15, 0.2) is 11.5 Å². The van der Waals surface area contributed by atoms with Gasteiger partial charge in [0.25, 0.3) is 5.91 Å². The third kappa shape index (κ3) is 4.72. The summed E-state index contributed by atoms with van der Waals surface area (Å²) in [5.74, 6) is 0.686. The first-order valence-electron chi connectivity index (χ1n) is 13.8. The minimum absolute atomic E-state index is 0.0102. The highest BCUT2D eigenvalue weighted by Gasteiger charge is 2.34. The normalized spacial score (nSPS) is 18.4. The van der Waals surface area contributed by atoms with Crippen molar-refractivity contribution in [1.29, 1.82) is 0 Å². The first kappa shape index (κ1) is 26.9. The Bertz CT molecular complexity index is 1630. The largest absolute Gasteiger partial charge is 0.504 e. The highest BCUT2D eigenvalue weighted by atomic mass is 19.1. The molecule has 3 aliphatic heterocycles. The van der Waals surface area contributed by atoms with Crippen molar-refractivity contribution in [2.75, 3.05) is 45.7 Å². The quantitative estimate of drug-likeness (QED) is 0.407. The molecule has 0 radical (unpaired) electrons. The molecular weight excluding hydrogens is 521 g/mol. The van der Waals surface area contributed by atoms with Crippen LogP contribution < -0.4 is 14.8 Å². The van der Waals surface area contributed by atoms with Crippen LogP contribution in [-0.2, 0) is 0 Å². The number of ether oxygens (including phenoxy) is 2. The predicted octanol–water partition coefficient (Wildman–Crippen LogP) is 6.09. The summed E-state index contributed by atoms with van der Waals surface area (Å²) in [6.45, 7) is 8.97. The molecule has 41 heavy (non-hydrogen) atoms. The van der Waals surface area contributed by atoms with Gasteiger partial charge in [0, 0.05) is 54.1 Å². The number of methoxy groups -OCH3 is 1. The van der Waals surface area contributed by atoms with Gasteiger partial charge in [0.2, 0.25) is 0 Å². The number of amides is 1. The molecule has 0 atom stereocenters. The summed E-state index contributed by atoms with van der Waals surface area (Å²) in [6.07, 6.45) is 3.99. The highest BCUT2D eigenvalue weighted by Crippen LogP contribution is 2.54. The maximum Gasteiger partial charge on any atom is 0.254 e. The van der Waals surface area contributed by atoms with Crippen molar-refractivity contribution in [2.45, 2.75) is 26.3 Å². The average molecular weight is 556 g/mol. The summed E-state index contributed by atoms with van der Waals surface area (Å²) in [7, 11) is 3.54. The van der Waals surface area contributed by atoms with E-state index < -0.39 is 5.82 Å². The van der Waals surface area contributed by atoms with Gasteiger partial charge < -0.3 is 29.7 Å². The van der Waals surface area contributed by atoms with Gasteiger partial charge in [-0.15, -0.1) is 0 Å². The molecule has 0 bridgehead atoms. The second-order valence-corrected chi connectivity index (χ2v) is 11.5. The second-order valence-electron chi connectivity index (χ2n) is 11.5. The average Bonchev–Trinajstić information content (AvgIpc) is 2.93. The molecule has 1 saturated heterocycles. The maximum absolute atomic E-state index is 14.5. The number of hydrogen-bond acceptors (Lipinski definition) is 6. The molecule has 6 rings (SSSR count). The van der Waals surface area contributed by atoms with Crippen LogP contribution in [0.5, 0.6) is 17.2 Å². The van der Waals surface area contributed by atoms with Gasteiger partial charge in [0.05, 0.1) is 18.2 Å². The molecule has 3 aromatic rings. The van der Waals surface area contributed by atoms with E-state index in [1.54, 1.807) is 17.0 Å². The summed E-state index contributed by atoms with van der Waals surface area (Å²) in [4.78, 5) is 17.6. The molecule has 1 amide bonds. The van der Waals surface area contributed by atoms with E-state index in [1.165, 1.54) is 25.3 Å². The number of carbonyl (C=O) groups is 1. The Kier molecular flexibility index (Phi) is 6.53. The van der Waals surface area contributed by atoms with Crippen LogP contribution >= 0.6 is 0 Å². The van der Waals surface area contributed by atoms with E-state index in [4.69, 9.17) is 9.47 Å². The van der Waals surface area contributed by atoms with E-state index in [0.29, 0.717) is 41.5 Å². The van der Waals surface area contributed by atoms with Crippen LogP contribution in [0.2, 0.25) is 0 Å². The number of benzene rings is 3. The molecule has 8 heteroatoms. The van der Waals surface area contributed by atoms with Gasteiger partial charge in [-0.1, -0.05) is 18.2 Å². The number of hydrogen-bond donors (Lipinski definition) is 2. The number of nitrogens with zero attached hydrogens (tertiary/aromatic N) is 2. The van der Waals surface area contributed by atoms with Crippen molar-refractivity contribution in [3.63, 3.8) is 0 Å². The molecule has 3 aromatic carbocycles. The van der Waals surface area contributed by atoms with Crippen LogP contribution in [0.4, 0.5) is 10.1 Å². The van der Waals surface area contributed by atoms with Gasteiger partial charge in [-0.05, 0) is 75.4 Å². The molecule has 0 spiro atoms. The minimum atomic E-state index is -0.470. The van der Waals surface area contributed by atoms with Gasteiger partial charge in [-0.25, -0.2) is 4.39 Å². The number of nitrogens with one attached hydrogen (secondary N) is 1. The van der Waals surface area contributed by atoms with Gasteiger partial charge in [0.1, 0.15) is 17.3 Å². The summed E-state index contributed by atoms with van der Waals surface area (Å²) < 4.78 is 26.7. The molecule has 3 aliphatic rings. The predicted molar refractivity (Wildman–Crippen MR) is 160 cm³/mol. The van der Waals surface area contributed by atoms with Gasteiger partial charge >= 0.3 is 0 Å². The number of aromatic hydroxyl groups is 1. The monoisotopic (exact) mass is 555 g/mol. The number of phenolic OH excluding ortho intramolecular Hbond substituents is 1. The second kappa shape index (κ2) is 9.96. The fourth-order valence-electron chi connectivity index (χ4n) is 6.11. The lowest BCUT2D eigenvalue weighted by Gasteiger charge is -2.35. The van der Waals surface area contributed by atoms with E-state index >= 15 is 0 Å². The topological polar surface area (TPSA) is 74.3 Å². The summed E-state index contributed by atoms with van der Waals surface area (Å²) in [6, 6.07) is 11.6. The molecule has 0 aliphatic carbocycles. The number of phenols is 1. The third-order valence-electron chi connectivity index (χ3n) is 8.00. The standard InChI is InChI=1S/C33H34FN3O4/c1-19-18-33(2,3)35-24-9-8-22-29(28(19)24)27(41-26-11-10-25(38)31(40-5)30(22)26)16-20-6-7-21(34)17-23(20)32(39)37-14-12-36(4)13-15-37/h6-11,16-18,35,38H,12-15H2,1-5H3. The Hall–Kier alpha value is -4.30. The van der Waals surface area contributed by atoms with E-state index in [9.17, 15) is 14.3 Å². The van der Waals surface area contributed by atoms with Gasteiger partial charge in [-0.3, -0.25) is 4.79 Å². The molecule has 0 aromatic heterocycles. The number of carbonyl (C=O) groups excluding carboxylic acids is 1. The zero-order chi connectivity index (χ0) is 29.1. The highest BCUT2D eigenvalue weighted by molar-refractivity contribution is 6.04. The van der Waals surface area contributed by atoms with Crippen LogP contribution in [0.1, 0.15) is 47.8 Å². The molecule has 2 N–H and O–H groups in total. The van der Waals surface area contributed by atoms with Crippen molar-refractivity contribution in [3.05, 3.63) is 76.6 Å². The van der Waals surface area contributed by atoms with E-state index in [-0.39, 0.29) is 22.8 Å². The number of fused-ring (bicyclic) bond motifs is 5. The molecule has 1 fully saturated rings. The smallest absolute Gasteiger partial charge is 0.254 e. The Morgan fingerprint density at radius 2 is 1.83 bits per heavy atom. The molecule has 7 nitrogen and oxygen atoms in total. The summed E-state index contributed by atoms with van der Waals surface area (Å²) >= 11 is 0. The molecular formula is C33H34FN3O4. The number of piperazine rings is 1. The van der Waals surface area contributed by atoms with E-state index in [1.807, 2.05) is 25.3 Å².